The summed E-state index contributed by atoms with van der Waals surface area (Å²) >= 11 is 1.75. The van der Waals surface area contributed by atoms with E-state index in [0.29, 0.717) is 32.8 Å². The van der Waals surface area contributed by atoms with E-state index < -0.39 is 6.10 Å². The second kappa shape index (κ2) is 13.0. The maximum atomic E-state index is 13.5. The number of fused-ring (bicyclic) bond motifs is 1. The van der Waals surface area contributed by atoms with E-state index in [0.717, 1.165) is 23.3 Å². The number of likely N-dealkylation sites (N-methyl/N-ethyl adjacent to an activating group) is 1. The Hall–Kier alpha value is -2.71. The third-order valence-electron chi connectivity index (χ3n) is 6.60. The lowest BCUT2D eigenvalue weighted by Crippen LogP contribution is -2.48. The number of aliphatic hydroxyl groups excluding tert-OH is 1. The molecule has 6 nitrogen and oxygen atoms in total. The number of carbonyl (C=O) groups is 1. The summed E-state index contributed by atoms with van der Waals surface area (Å²) in [4.78, 5) is 18.8. The topological polar surface area (TPSA) is 62.2 Å². The highest BCUT2D eigenvalue weighted by atomic mass is 32.1. The van der Waals surface area contributed by atoms with Crippen LogP contribution in [0.1, 0.15) is 34.5 Å². The summed E-state index contributed by atoms with van der Waals surface area (Å²) in [5, 5.41) is 12.6. The Balaban J connectivity index is 1.34. The first kappa shape index (κ1) is 26.4. The summed E-state index contributed by atoms with van der Waals surface area (Å²) < 4.78 is 11.9. The number of ether oxygens (including phenoxy) is 2. The predicted molar refractivity (Wildman–Crippen MR) is 143 cm³/mol. The lowest BCUT2D eigenvalue weighted by atomic mass is 10.0. The van der Waals surface area contributed by atoms with Crippen LogP contribution in [0.15, 0.2) is 66.0 Å². The van der Waals surface area contributed by atoms with Crippen LogP contribution in [0, 0.1) is 6.92 Å². The van der Waals surface area contributed by atoms with Gasteiger partial charge in [-0.1, -0.05) is 55.5 Å². The average Bonchev–Trinajstić information content (AvgIpc) is 3.37. The molecule has 0 bridgehead atoms. The van der Waals surface area contributed by atoms with Crippen LogP contribution in [-0.2, 0) is 22.6 Å². The summed E-state index contributed by atoms with van der Waals surface area (Å²) in [5.74, 6) is 0.908. The van der Waals surface area contributed by atoms with E-state index >= 15 is 0 Å². The van der Waals surface area contributed by atoms with Crippen LogP contribution >= 0.6 is 11.3 Å². The van der Waals surface area contributed by atoms with Gasteiger partial charge in [-0.2, -0.15) is 0 Å². The van der Waals surface area contributed by atoms with Gasteiger partial charge in [-0.25, -0.2) is 0 Å². The van der Waals surface area contributed by atoms with Crippen molar-refractivity contribution in [2.24, 2.45) is 0 Å². The third-order valence-corrected chi connectivity index (χ3v) is 7.60. The van der Waals surface area contributed by atoms with Crippen molar-refractivity contribution < 1.29 is 19.4 Å². The van der Waals surface area contributed by atoms with Gasteiger partial charge < -0.3 is 19.5 Å². The minimum atomic E-state index is -0.661. The molecule has 2 atom stereocenters. The normalized spacial score (nSPS) is 16.1. The van der Waals surface area contributed by atoms with Gasteiger partial charge in [0.25, 0.3) is 0 Å². The van der Waals surface area contributed by atoms with Gasteiger partial charge in [0.05, 0.1) is 31.9 Å². The molecular formula is C29H36N2O4S. The average molecular weight is 509 g/mol. The Morgan fingerprint density at radius 3 is 2.72 bits per heavy atom. The van der Waals surface area contributed by atoms with Crippen LogP contribution < -0.4 is 4.74 Å². The zero-order valence-corrected chi connectivity index (χ0v) is 22.0. The van der Waals surface area contributed by atoms with Crippen LogP contribution in [0.3, 0.4) is 0 Å². The molecule has 0 saturated carbocycles. The minimum absolute atomic E-state index is 0.0597. The molecule has 1 N–H and O–H groups in total. The standard InChI is InChI=1S/C29H36N2O4S/c1-3-30(17-24(32)20-34-19-23-10-5-4-6-11-23)18-29(33)31-15-13-28-25(14-16-36-28)26(31)21-35-27-12-8-7-9-22(27)2/h4-12,14,16,24,26,32H,3,13,15,17-21H2,1-2H3/t24-,26+/m0/s1. The predicted octanol–water partition coefficient (Wildman–Crippen LogP) is 4.46. The van der Waals surface area contributed by atoms with Gasteiger partial charge >= 0.3 is 0 Å². The lowest BCUT2D eigenvalue weighted by molar-refractivity contribution is -0.136. The molecule has 3 aromatic rings. The van der Waals surface area contributed by atoms with Crippen molar-refractivity contribution in [3.63, 3.8) is 0 Å². The Morgan fingerprint density at radius 1 is 1.17 bits per heavy atom. The molecule has 7 heteroatoms. The maximum Gasteiger partial charge on any atom is 0.237 e. The molecule has 192 valence electrons. The molecule has 2 heterocycles. The van der Waals surface area contributed by atoms with Gasteiger partial charge in [-0.3, -0.25) is 9.69 Å². The Kier molecular flexibility index (Phi) is 9.53. The van der Waals surface area contributed by atoms with Crippen molar-refractivity contribution >= 4 is 17.2 Å². The lowest BCUT2D eigenvalue weighted by Gasteiger charge is -2.37. The molecule has 2 aromatic carbocycles. The highest BCUT2D eigenvalue weighted by Crippen LogP contribution is 2.34. The van der Waals surface area contributed by atoms with E-state index in [4.69, 9.17) is 9.47 Å². The smallest absolute Gasteiger partial charge is 0.237 e. The molecule has 0 spiro atoms. The molecular weight excluding hydrogens is 472 g/mol. The second-order valence-electron chi connectivity index (χ2n) is 9.21. The number of nitrogens with zero attached hydrogens (tertiary/aromatic N) is 2. The molecule has 1 amide bonds. The minimum Gasteiger partial charge on any atom is -0.491 e. The first-order chi connectivity index (χ1) is 17.5. The van der Waals surface area contributed by atoms with Crippen LogP contribution in [0.4, 0.5) is 0 Å². The number of carbonyl (C=O) groups excluding carboxylic acids is 1. The maximum absolute atomic E-state index is 13.5. The van der Waals surface area contributed by atoms with Crippen molar-refractivity contribution in [3.05, 3.63) is 87.6 Å². The van der Waals surface area contributed by atoms with Gasteiger partial charge in [0.1, 0.15) is 12.4 Å². The van der Waals surface area contributed by atoms with Gasteiger partial charge in [-0.05, 0) is 54.1 Å². The van der Waals surface area contributed by atoms with E-state index in [-0.39, 0.29) is 25.1 Å². The van der Waals surface area contributed by atoms with Gasteiger partial charge in [-0.15, -0.1) is 11.3 Å². The highest BCUT2D eigenvalue weighted by Gasteiger charge is 2.33. The summed E-state index contributed by atoms with van der Waals surface area (Å²) in [7, 11) is 0. The van der Waals surface area contributed by atoms with Gasteiger partial charge in [0.15, 0.2) is 0 Å². The number of aliphatic hydroxyl groups is 1. The molecule has 0 radical (unpaired) electrons. The molecule has 4 rings (SSSR count). The highest BCUT2D eigenvalue weighted by molar-refractivity contribution is 7.10. The van der Waals surface area contributed by atoms with Gasteiger partial charge in [0.2, 0.25) is 5.91 Å². The second-order valence-corrected chi connectivity index (χ2v) is 10.2. The van der Waals surface area contributed by atoms with Crippen molar-refractivity contribution in [2.45, 2.75) is 39.0 Å². The number of hydrogen-bond acceptors (Lipinski definition) is 6. The fourth-order valence-electron chi connectivity index (χ4n) is 4.59. The molecule has 0 aliphatic carbocycles. The monoisotopic (exact) mass is 508 g/mol. The third kappa shape index (κ3) is 6.95. The molecule has 1 aromatic heterocycles. The molecule has 1 aliphatic rings. The zero-order chi connectivity index (χ0) is 25.3. The summed E-state index contributed by atoms with van der Waals surface area (Å²) in [6.07, 6.45) is 0.202. The number of para-hydroxylation sites is 1. The molecule has 1 aliphatic heterocycles. The Morgan fingerprint density at radius 2 is 1.94 bits per heavy atom. The van der Waals surface area contributed by atoms with E-state index in [1.165, 1.54) is 10.4 Å². The van der Waals surface area contributed by atoms with Crippen LogP contribution in [0.25, 0.3) is 0 Å². The summed E-state index contributed by atoms with van der Waals surface area (Å²) in [5.41, 5.74) is 3.34. The van der Waals surface area contributed by atoms with Crippen LogP contribution in [0.5, 0.6) is 5.75 Å². The van der Waals surface area contributed by atoms with Crippen molar-refractivity contribution in [1.29, 1.82) is 0 Å². The fourth-order valence-corrected chi connectivity index (χ4v) is 5.52. The van der Waals surface area contributed by atoms with Crippen LogP contribution in [0.2, 0.25) is 0 Å². The summed E-state index contributed by atoms with van der Waals surface area (Å²) in [6.45, 7) is 7.14. The molecule has 0 fully saturated rings. The quantitative estimate of drug-likeness (QED) is 0.391. The first-order valence-corrected chi connectivity index (χ1v) is 13.5. The first-order valence-electron chi connectivity index (χ1n) is 12.6. The SMILES string of the molecule is CCN(CC(=O)N1CCc2sccc2[C@H]1COc1ccccc1C)C[C@H](O)COCc1ccccc1. The number of thiophene rings is 1. The van der Waals surface area contributed by atoms with Crippen molar-refractivity contribution in [2.75, 3.05) is 39.4 Å². The molecule has 0 saturated heterocycles. The number of hydrogen-bond donors (Lipinski definition) is 1. The Bertz CT molecular complexity index is 1100. The van der Waals surface area contributed by atoms with E-state index in [2.05, 4.69) is 11.4 Å². The zero-order valence-electron chi connectivity index (χ0n) is 21.1. The van der Waals surface area contributed by atoms with E-state index in [1.54, 1.807) is 11.3 Å². The van der Waals surface area contributed by atoms with Crippen LogP contribution in [-0.4, -0.2) is 66.3 Å². The Labute approximate surface area is 218 Å². The number of benzene rings is 2. The van der Waals surface area contributed by atoms with Crippen molar-refractivity contribution in [1.82, 2.24) is 9.80 Å². The number of aryl methyl sites for hydroxylation is 1. The molecule has 36 heavy (non-hydrogen) atoms. The van der Waals surface area contributed by atoms with Gasteiger partial charge in [0, 0.05) is 18.0 Å². The fraction of sp³-hybridized carbons (Fsp3) is 0.414. The van der Waals surface area contributed by atoms with Crippen molar-refractivity contribution in [3.8, 4) is 5.75 Å². The van der Waals surface area contributed by atoms with E-state index in [9.17, 15) is 9.90 Å². The number of amides is 1. The number of rotatable bonds is 12. The molecule has 0 unspecified atom stereocenters. The van der Waals surface area contributed by atoms with E-state index in [1.807, 2.05) is 78.2 Å². The summed E-state index contributed by atoms with van der Waals surface area (Å²) in [6, 6.07) is 19.9. The largest absolute Gasteiger partial charge is 0.491 e.